The Bertz CT molecular complexity index is 1090. The van der Waals surface area contributed by atoms with Crippen LogP contribution < -0.4 is 10.1 Å². The Morgan fingerprint density at radius 3 is 2.41 bits per heavy atom. The van der Waals surface area contributed by atoms with Crippen LogP contribution in [0, 0.1) is 0 Å². The third-order valence-electron chi connectivity index (χ3n) is 5.74. The van der Waals surface area contributed by atoms with Crippen molar-refractivity contribution in [2.45, 2.75) is 6.54 Å². The molecule has 0 radical (unpaired) electrons. The molecule has 4 rings (SSSR count). The Morgan fingerprint density at radius 1 is 1.00 bits per heavy atom. The summed E-state index contributed by atoms with van der Waals surface area (Å²) in [7, 11) is 2.89. The maximum atomic E-state index is 12.8. The second-order valence-corrected chi connectivity index (χ2v) is 7.86. The van der Waals surface area contributed by atoms with E-state index in [2.05, 4.69) is 44.4 Å². The van der Waals surface area contributed by atoms with Crippen LogP contribution in [-0.2, 0) is 16.1 Å². The topological polar surface area (TPSA) is 86.9 Å². The lowest BCUT2D eigenvalue weighted by molar-refractivity contribution is -0.117. The molecule has 0 spiro atoms. The van der Waals surface area contributed by atoms with Crippen molar-refractivity contribution in [1.82, 2.24) is 14.8 Å². The molecule has 0 aliphatic carbocycles. The molecular weight excluding hydrogens is 408 g/mol. The van der Waals surface area contributed by atoms with E-state index < -0.39 is 5.97 Å². The van der Waals surface area contributed by atoms with Gasteiger partial charge in [0.1, 0.15) is 11.4 Å². The molecule has 1 amide bonds. The largest absolute Gasteiger partial charge is 0.497 e. The van der Waals surface area contributed by atoms with Gasteiger partial charge in [-0.1, -0.05) is 30.3 Å². The summed E-state index contributed by atoms with van der Waals surface area (Å²) in [6.07, 6.45) is 0. The number of nitrogens with one attached hydrogen (secondary N) is 2. The summed E-state index contributed by atoms with van der Waals surface area (Å²) in [4.78, 5) is 32.7. The normalized spacial score (nSPS) is 14.9. The zero-order chi connectivity index (χ0) is 22.5. The fourth-order valence-corrected chi connectivity index (χ4v) is 4.02. The van der Waals surface area contributed by atoms with Gasteiger partial charge in [0.05, 0.1) is 32.0 Å². The minimum atomic E-state index is -0.537. The number of aromatic nitrogens is 1. The van der Waals surface area contributed by atoms with E-state index in [9.17, 15) is 9.59 Å². The summed E-state index contributed by atoms with van der Waals surface area (Å²) in [5.41, 5.74) is 2.64. The van der Waals surface area contributed by atoms with Crippen LogP contribution in [-0.4, -0.2) is 73.6 Å². The number of piperazine rings is 1. The van der Waals surface area contributed by atoms with Crippen molar-refractivity contribution >= 4 is 28.5 Å². The highest BCUT2D eigenvalue weighted by Crippen LogP contribution is 2.31. The SMILES string of the molecule is COC(=O)c1[nH]c2cc(OC)ccc2c1NC(=O)CN1CCN(Cc2ccccc2)CC1. The predicted octanol–water partition coefficient (Wildman–Crippen LogP) is 2.72. The van der Waals surface area contributed by atoms with Gasteiger partial charge < -0.3 is 19.8 Å². The molecular formula is C24H28N4O4. The lowest BCUT2D eigenvalue weighted by Gasteiger charge is -2.34. The number of aromatic amines is 1. The van der Waals surface area contributed by atoms with Crippen LogP contribution in [0.5, 0.6) is 5.75 Å². The number of carbonyl (C=O) groups excluding carboxylic acids is 2. The monoisotopic (exact) mass is 436 g/mol. The van der Waals surface area contributed by atoms with E-state index in [0.717, 1.165) is 38.1 Å². The molecule has 32 heavy (non-hydrogen) atoms. The van der Waals surface area contributed by atoms with Crippen LogP contribution in [0.1, 0.15) is 16.1 Å². The first-order valence-corrected chi connectivity index (χ1v) is 10.6. The smallest absolute Gasteiger partial charge is 0.356 e. The van der Waals surface area contributed by atoms with Crippen molar-refractivity contribution < 1.29 is 19.1 Å². The van der Waals surface area contributed by atoms with Gasteiger partial charge in [-0.2, -0.15) is 0 Å². The van der Waals surface area contributed by atoms with Crippen molar-refractivity contribution in [3.05, 3.63) is 59.8 Å². The van der Waals surface area contributed by atoms with Crippen molar-refractivity contribution in [2.24, 2.45) is 0 Å². The van der Waals surface area contributed by atoms with Gasteiger partial charge in [0.15, 0.2) is 0 Å². The van der Waals surface area contributed by atoms with E-state index >= 15 is 0 Å². The van der Waals surface area contributed by atoms with Crippen LogP contribution in [0.4, 0.5) is 5.69 Å². The number of amides is 1. The Labute approximate surface area is 187 Å². The summed E-state index contributed by atoms with van der Waals surface area (Å²) in [6.45, 7) is 4.63. The molecule has 2 N–H and O–H groups in total. The number of nitrogens with zero attached hydrogens (tertiary/aromatic N) is 2. The van der Waals surface area contributed by atoms with E-state index in [-0.39, 0.29) is 18.1 Å². The van der Waals surface area contributed by atoms with Crippen molar-refractivity contribution in [3.63, 3.8) is 0 Å². The molecule has 2 heterocycles. The molecule has 1 aliphatic heterocycles. The van der Waals surface area contributed by atoms with Crippen LogP contribution in [0.25, 0.3) is 10.9 Å². The number of fused-ring (bicyclic) bond motifs is 1. The number of anilines is 1. The predicted molar refractivity (Wildman–Crippen MR) is 123 cm³/mol. The Balaban J connectivity index is 1.39. The minimum absolute atomic E-state index is 0.164. The highest BCUT2D eigenvalue weighted by Gasteiger charge is 2.23. The molecule has 8 nitrogen and oxygen atoms in total. The summed E-state index contributed by atoms with van der Waals surface area (Å²) in [6, 6.07) is 15.8. The van der Waals surface area contributed by atoms with Gasteiger partial charge in [0.25, 0.3) is 0 Å². The fraction of sp³-hybridized carbons (Fsp3) is 0.333. The van der Waals surface area contributed by atoms with Crippen LogP contribution >= 0.6 is 0 Å². The molecule has 1 fully saturated rings. The Hall–Kier alpha value is -3.36. The van der Waals surface area contributed by atoms with E-state index in [1.807, 2.05) is 12.1 Å². The minimum Gasteiger partial charge on any atom is -0.497 e. The molecule has 0 bridgehead atoms. The molecule has 1 aromatic heterocycles. The van der Waals surface area contributed by atoms with Crippen molar-refractivity contribution in [3.8, 4) is 5.75 Å². The average Bonchev–Trinajstić information content (AvgIpc) is 3.17. The standard InChI is InChI=1S/C24H28N4O4/c1-31-18-8-9-19-20(14-18)25-23(24(30)32-2)22(19)26-21(29)16-28-12-10-27(11-13-28)15-17-6-4-3-5-7-17/h3-9,14,25H,10-13,15-16H2,1-2H3,(H,26,29). The van der Waals surface area contributed by atoms with Gasteiger partial charge in [-0.25, -0.2) is 4.79 Å². The summed E-state index contributed by atoms with van der Waals surface area (Å²) < 4.78 is 10.1. The molecule has 0 atom stereocenters. The molecule has 8 heteroatoms. The highest BCUT2D eigenvalue weighted by atomic mass is 16.5. The van der Waals surface area contributed by atoms with E-state index in [1.54, 1.807) is 19.2 Å². The number of esters is 1. The van der Waals surface area contributed by atoms with E-state index in [1.165, 1.54) is 12.7 Å². The van der Waals surface area contributed by atoms with Crippen molar-refractivity contribution in [1.29, 1.82) is 0 Å². The van der Waals surface area contributed by atoms with Gasteiger partial charge in [-0.15, -0.1) is 0 Å². The van der Waals surface area contributed by atoms with Gasteiger partial charge in [0, 0.05) is 44.2 Å². The zero-order valence-electron chi connectivity index (χ0n) is 18.4. The molecule has 0 saturated carbocycles. The molecule has 1 aliphatic rings. The summed E-state index contributed by atoms with van der Waals surface area (Å²) >= 11 is 0. The number of ether oxygens (including phenoxy) is 2. The lowest BCUT2D eigenvalue weighted by atomic mass is 10.2. The molecule has 0 unspecified atom stereocenters. The number of hydrogen-bond acceptors (Lipinski definition) is 6. The quantitative estimate of drug-likeness (QED) is 0.554. The summed E-state index contributed by atoms with van der Waals surface area (Å²) in [5.74, 6) is -0.0465. The second-order valence-electron chi connectivity index (χ2n) is 7.86. The first-order valence-electron chi connectivity index (χ1n) is 10.6. The molecule has 1 saturated heterocycles. The van der Waals surface area contributed by atoms with Gasteiger partial charge >= 0.3 is 5.97 Å². The van der Waals surface area contributed by atoms with E-state index in [0.29, 0.717) is 17.0 Å². The van der Waals surface area contributed by atoms with Crippen molar-refractivity contribution in [2.75, 3.05) is 52.3 Å². The lowest BCUT2D eigenvalue weighted by Crippen LogP contribution is -2.48. The highest BCUT2D eigenvalue weighted by molar-refractivity contribution is 6.11. The molecule has 168 valence electrons. The summed E-state index contributed by atoms with van der Waals surface area (Å²) in [5, 5.41) is 3.65. The van der Waals surface area contributed by atoms with E-state index in [4.69, 9.17) is 9.47 Å². The third-order valence-corrected chi connectivity index (χ3v) is 5.74. The number of rotatable bonds is 7. The van der Waals surface area contributed by atoms with Gasteiger partial charge in [0.2, 0.25) is 5.91 Å². The number of methoxy groups -OCH3 is 2. The van der Waals surface area contributed by atoms with Gasteiger partial charge in [-0.05, 0) is 17.7 Å². The Kier molecular flexibility index (Phi) is 6.72. The number of H-pyrrole nitrogens is 1. The first-order chi connectivity index (χ1) is 15.6. The van der Waals surface area contributed by atoms with Gasteiger partial charge in [-0.3, -0.25) is 14.6 Å². The maximum absolute atomic E-state index is 12.8. The second kappa shape index (κ2) is 9.84. The third kappa shape index (κ3) is 4.92. The van der Waals surface area contributed by atoms with Crippen LogP contribution in [0.15, 0.2) is 48.5 Å². The van der Waals surface area contributed by atoms with Crippen LogP contribution in [0.2, 0.25) is 0 Å². The first kappa shape index (κ1) is 21.9. The maximum Gasteiger partial charge on any atom is 0.356 e. The fourth-order valence-electron chi connectivity index (χ4n) is 4.02. The zero-order valence-corrected chi connectivity index (χ0v) is 18.4. The number of hydrogen-bond donors (Lipinski definition) is 2. The average molecular weight is 437 g/mol. The number of carbonyl (C=O) groups is 2. The molecule has 3 aromatic rings. The molecule has 2 aromatic carbocycles. The van der Waals surface area contributed by atoms with Crippen LogP contribution in [0.3, 0.4) is 0 Å². The number of benzene rings is 2. The Morgan fingerprint density at radius 2 is 1.72 bits per heavy atom.